The molecule has 17 heavy (non-hydrogen) atoms. The molecule has 1 saturated carbocycles. The van der Waals surface area contributed by atoms with Crippen LogP contribution in [0, 0.1) is 0 Å². The lowest BCUT2D eigenvalue weighted by atomic mass is 10.5. The van der Waals surface area contributed by atoms with Gasteiger partial charge in [0.1, 0.15) is 17.6 Å². The Morgan fingerprint density at radius 2 is 2.35 bits per heavy atom. The van der Waals surface area contributed by atoms with Crippen LogP contribution in [0.15, 0.2) is 12.4 Å². The molecule has 0 bridgehead atoms. The first kappa shape index (κ1) is 10.2. The van der Waals surface area contributed by atoms with Gasteiger partial charge < -0.3 is 9.69 Å². The molecule has 2 aromatic heterocycles. The van der Waals surface area contributed by atoms with Gasteiger partial charge in [-0.2, -0.15) is 5.10 Å². The molecule has 0 N–H and O–H groups in total. The van der Waals surface area contributed by atoms with Gasteiger partial charge in [-0.1, -0.05) is 0 Å². The molecule has 6 nitrogen and oxygen atoms in total. The van der Waals surface area contributed by atoms with E-state index in [2.05, 4.69) is 20.0 Å². The summed E-state index contributed by atoms with van der Waals surface area (Å²) in [6.45, 7) is 0.217. The number of carbonyl (C=O) groups is 1. The number of carbonyl (C=O) groups excluding carboxylic acids is 1. The summed E-state index contributed by atoms with van der Waals surface area (Å²) in [6, 6.07) is 0.587. The fraction of sp³-hybridized carbons (Fsp3) is 0.455. The second kappa shape index (κ2) is 3.80. The summed E-state index contributed by atoms with van der Waals surface area (Å²) < 4.78 is 1.57. The van der Waals surface area contributed by atoms with E-state index in [0.29, 0.717) is 11.7 Å². The summed E-state index contributed by atoms with van der Waals surface area (Å²) in [6.07, 6.45) is 6.62. The Kier molecular flexibility index (Phi) is 2.28. The van der Waals surface area contributed by atoms with Crippen LogP contribution in [0.5, 0.6) is 0 Å². The van der Waals surface area contributed by atoms with E-state index in [9.17, 15) is 4.79 Å². The predicted molar refractivity (Wildman–Crippen MR) is 62.8 cm³/mol. The molecule has 2 aromatic rings. The third kappa shape index (κ3) is 1.75. The predicted octanol–water partition coefficient (Wildman–Crippen LogP) is 0.624. The molecule has 0 spiro atoms. The third-order valence-corrected chi connectivity index (χ3v) is 3.04. The molecule has 0 saturated heterocycles. The number of fused-ring (bicyclic) bond motifs is 1. The minimum absolute atomic E-state index is 0.217. The molecular formula is C11H13N5O. The van der Waals surface area contributed by atoms with E-state index in [1.165, 1.54) is 12.8 Å². The Morgan fingerprint density at radius 1 is 1.53 bits per heavy atom. The first-order chi connectivity index (χ1) is 8.29. The summed E-state index contributed by atoms with van der Waals surface area (Å²) in [5, 5.41) is 4.09. The maximum Gasteiger partial charge on any atom is 0.179 e. The van der Waals surface area contributed by atoms with Gasteiger partial charge >= 0.3 is 0 Å². The maximum atomic E-state index is 10.5. The molecule has 0 amide bonds. The van der Waals surface area contributed by atoms with Crippen molar-refractivity contribution in [3.05, 3.63) is 12.4 Å². The summed E-state index contributed by atoms with van der Waals surface area (Å²) in [5.41, 5.74) is 1.39. The van der Waals surface area contributed by atoms with Gasteiger partial charge in [0.05, 0.1) is 18.9 Å². The Bertz CT molecular complexity index is 560. The van der Waals surface area contributed by atoms with E-state index in [1.54, 1.807) is 17.1 Å². The topological polar surface area (TPSA) is 63.9 Å². The van der Waals surface area contributed by atoms with E-state index < -0.39 is 0 Å². The van der Waals surface area contributed by atoms with Gasteiger partial charge in [-0.05, 0) is 12.8 Å². The molecule has 1 fully saturated rings. The second-order valence-electron chi connectivity index (χ2n) is 4.27. The highest BCUT2D eigenvalue weighted by Gasteiger charge is 2.27. The van der Waals surface area contributed by atoms with Crippen LogP contribution in [-0.2, 0) is 11.3 Å². The van der Waals surface area contributed by atoms with Crippen molar-refractivity contribution in [1.29, 1.82) is 0 Å². The van der Waals surface area contributed by atoms with Crippen LogP contribution < -0.4 is 4.90 Å². The minimum Gasteiger partial charge on any atom is -0.355 e. The molecule has 1 aliphatic rings. The van der Waals surface area contributed by atoms with Crippen LogP contribution in [0.1, 0.15) is 12.8 Å². The van der Waals surface area contributed by atoms with Crippen LogP contribution in [-0.4, -0.2) is 39.1 Å². The minimum atomic E-state index is 0.217. The number of aromatic nitrogens is 4. The Hall–Kier alpha value is -1.98. The Morgan fingerprint density at radius 3 is 3.06 bits per heavy atom. The lowest BCUT2D eigenvalue weighted by molar-refractivity contribution is -0.108. The van der Waals surface area contributed by atoms with Crippen molar-refractivity contribution >= 4 is 23.3 Å². The van der Waals surface area contributed by atoms with Crippen LogP contribution in [0.3, 0.4) is 0 Å². The molecule has 0 unspecified atom stereocenters. The normalized spacial score (nSPS) is 15.1. The number of hydrogen-bond donors (Lipinski definition) is 0. The molecule has 3 rings (SSSR count). The van der Waals surface area contributed by atoms with Gasteiger partial charge in [0.25, 0.3) is 0 Å². The van der Waals surface area contributed by atoms with Crippen molar-refractivity contribution in [3.63, 3.8) is 0 Å². The summed E-state index contributed by atoms with van der Waals surface area (Å²) in [5.74, 6) is 0.840. The quantitative estimate of drug-likeness (QED) is 0.722. The Balaban J connectivity index is 2.03. The maximum absolute atomic E-state index is 10.5. The molecule has 6 heteroatoms. The highest BCUT2D eigenvalue weighted by Crippen LogP contribution is 2.29. The molecule has 0 aliphatic heterocycles. The van der Waals surface area contributed by atoms with Gasteiger partial charge in [-0.3, -0.25) is 0 Å². The van der Waals surface area contributed by atoms with Crippen molar-refractivity contribution < 1.29 is 4.79 Å². The van der Waals surface area contributed by atoms with E-state index >= 15 is 0 Å². The lowest BCUT2D eigenvalue weighted by Crippen LogP contribution is -2.21. The zero-order chi connectivity index (χ0) is 11.8. The zero-order valence-corrected chi connectivity index (χ0v) is 9.58. The van der Waals surface area contributed by atoms with E-state index in [0.717, 1.165) is 17.6 Å². The summed E-state index contributed by atoms with van der Waals surface area (Å²) in [7, 11) is 2.02. The van der Waals surface area contributed by atoms with Gasteiger partial charge in [-0.15, -0.1) is 0 Å². The summed E-state index contributed by atoms with van der Waals surface area (Å²) >= 11 is 0. The average molecular weight is 231 g/mol. The lowest BCUT2D eigenvalue weighted by Gasteiger charge is -2.16. The SMILES string of the molecule is CN(c1cnc2cnn(CC=O)c2n1)C1CC1. The van der Waals surface area contributed by atoms with Crippen molar-refractivity contribution in [1.82, 2.24) is 19.7 Å². The molecule has 2 heterocycles. The van der Waals surface area contributed by atoms with E-state index in [1.807, 2.05) is 7.05 Å². The van der Waals surface area contributed by atoms with Gasteiger partial charge in [0.2, 0.25) is 0 Å². The highest BCUT2D eigenvalue weighted by molar-refractivity contribution is 5.72. The highest BCUT2D eigenvalue weighted by atomic mass is 16.1. The molecule has 1 aliphatic carbocycles. The zero-order valence-electron chi connectivity index (χ0n) is 9.58. The van der Waals surface area contributed by atoms with Crippen LogP contribution in [0.4, 0.5) is 5.82 Å². The Labute approximate surface area is 98.3 Å². The monoisotopic (exact) mass is 231 g/mol. The van der Waals surface area contributed by atoms with Crippen molar-refractivity contribution in [3.8, 4) is 0 Å². The van der Waals surface area contributed by atoms with Gasteiger partial charge in [0.15, 0.2) is 5.65 Å². The number of nitrogens with zero attached hydrogens (tertiary/aromatic N) is 5. The first-order valence-corrected chi connectivity index (χ1v) is 5.64. The molecule has 88 valence electrons. The summed E-state index contributed by atoms with van der Waals surface area (Å²) in [4.78, 5) is 21.5. The van der Waals surface area contributed by atoms with Crippen LogP contribution >= 0.6 is 0 Å². The van der Waals surface area contributed by atoms with Crippen LogP contribution in [0.25, 0.3) is 11.2 Å². The first-order valence-electron chi connectivity index (χ1n) is 5.64. The third-order valence-electron chi connectivity index (χ3n) is 3.04. The fourth-order valence-corrected chi connectivity index (χ4v) is 1.86. The fourth-order valence-electron chi connectivity index (χ4n) is 1.86. The van der Waals surface area contributed by atoms with E-state index in [4.69, 9.17) is 0 Å². The number of rotatable bonds is 4. The van der Waals surface area contributed by atoms with Crippen LogP contribution in [0.2, 0.25) is 0 Å². The number of hydrogen-bond acceptors (Lipinski definition) is 5. The molecular weight excluding hydrogens is 218 g/mol. The largest absolute Gasteiger partial charge is 0.355 e. The number of anilines is 1. The molecule has 0 aromatic carbocycles. The number of aldehydes is 1. The van der Waals surface area contributed by atoms with E-state index in [-0.39, 0.29) is 6.54 Å². The standard InChI is InChI=1S/C11H13N5O/c1-15(8-2-3-8)10-7-12-9-6-13-16(4-5-17)11(9)14-10/h5-8H,2-4H2,1H3. The second-order valence-corrected chi connectivity index (χ2v) is 4.27. The van der Waals surface area contributed by atoms with Crippen molar-refractivity contribution in [2.45, 2.75) is 25.4 Å². The van der Waals surface area contributed by atoms with Crippen molar-refractivity contribution in [2.75, 3.05) is 11.9 Å². The smallest absolute Gasteiger partial charge is 0.179 e. The molecule has 0 radical (unpaired) electrons. The van der Waals surface area contributed by atoms with Crippen molar-refractivity contribution in [2.24, 2.45) is 0 Å². The van der Waals surface area contributed by atoms with Gasteiger partial charge in [-0.25, -0.2) is 14.6 Å². The van der Waals surface area contributed by atoms with Gasteiger partial charge in [0, 0.05) is 13.1 Å². The molecule has 0 atom stereocenters. The average Bonchev–Trinajstić information content (AvgIpc) is 3.12.